The van der Waals surface area contributed by atoms with E-state index in [1.807, 2.05) is 0 Å². The second-order valence-corrected chi connectivity index (χ2v) is 6.39. The van der Waals surface area contributed by atoms with Crippen LogP contribution in [-0.2, 0) is 33.3 Å². The summed E-state index contributed by atoms with van der Waals surface area (Å²) in [4.78, 5) is 22.1. The van der Waals surface area contributed by atoms with E-state index in [2.05, 4.69) is 13.8 Å². The molecular weight excluding hydrogens is 356 g/mol. The van der Waals surface area contributed by atoms with Crippen LogP contribution in [0.2, 0.25) is 0 Å². The summed E-state index contributed by atoms with van der Waals surface area (Å²) < 4.78 is 27.8. The Kier molecular flexibility index (Phi) is 14.1. The lowest BCUT2D eigenvalue weighted by Crippen LogP contribution is -2.41. The second kappa shape index (κ2) is 14.8. The first-order valence-corrected chi connectivity index (χ1v) is 9.74. The van der Waals surface area contributed by atoms with E-state index >= 15 is 0 Å². The number of carboxylic acids is 1. The first-order valence-electron chi connectivity index (χ1n) is 9.74. The van der Waals surface area contributed by atoms with Crippen molar-refractivity contribution in [3.05, 3.63) is 0 Å². The molecule has 0 radical (unpaired) electrons. The van der Waals surface area contributed by atoms with E-state index in [1.165, 1.54) is 0 Å². The molecule has 0 aromatic rings. The molecule has 2 atom stereocenters. The van der Waals surface area contributed by atoms with E-state index in [1.54, 1.807) is 20.8 Å². The van der Waals surface area contributed by atoms with Crippen molar-refractivity contribution in [2.24, 2.45) is 0 Å². The van der Waals surface area contributed by atoms with Crippen LogP contribution in [-0.4, -0.2) is 48.8 Å². The van der Waals surface area contributed by atoms with Gasteiger partial charge in [-0.15, -0.1) is 0 Å². The smallest absolute Gasteiger partial charge is 0.308 e. The minimum atomic E-state index is -1.24. The Hall–Kier alpha value is -1.22. The number of unbranched alkanes of at least 4 members (excludes halogenated alkanes) is 2. The van der Waals surface area contributed by atoms with Crippen LogP contribution >= 0.6 is 0 Å². The second-order valence-electron chi connectivity index (χ2n) is 6.39. The van der Waals surface area contributed by atoms with Gasteiger partial charge in [0.15, 0.2) is 6.29 Å². The number of rotatable bonds is 17. The summed E-state index contributed by atoms with van der Waals surface area (Å²) in [7, 11) is 0. The highest BCUT2D eigenvalue weighted by molar-refractivity contribution is 5.71. The molecule has 160 valence electrons. The fourth-order valence-corrected chi connectivity index (χ4v) is 2.17. The van der Waals surface area contributed by atoms with Gasteiger partial charge in [-0.05, 0) is 33.1 Å². The van der Waals surface area contributed by atoms with E-state index in [0.717, 1.165) is 25.7 Å². The SMILES string of the molecule is CCCCOC(C)(OCCCC)OC(C)OC(C)OC(=O)CCCC(=O)O. The third-order valence-electron chi connectivity index (χ3n) is 3.56. The summed E-state index contributed by atoms with van der Waals surface area (Å²) >= 11 is 0. The Morgan fingerprint density at radius 2 is 1.48 bits per heavy atom. The maximum Gasteiger partial charge on any atom is 0.308 e. The normalized spacial score (nSPS) is 14.0. The average Bonchev–Trinajstić information content (AvgIpc) is 2.54. The van der Waals surface area contributed by atoms with Gasteiger partial charge in [0, 0.05) is 19.8 Å². The highest BCUT2D eigenvalue weighted by atomic mass is 16.9. The van der Waals surface area contributed by atoms with Gasteiger partial charge in [0.1, 0.15) is 0 Å². The molecular formula is C19H36O8. The quantitative estimate of drug-likeness (QED) is 0.226. The van der Waals surface area contributed by atoms with Crippen LogP contribution in [0.4, 0.5) is 0 Å². The van der Waals surface area contributed by atoms with Gasteiger partial charge < -0.3 is 24.1 Å². The summed E-state index contributed by atoms with van der Waals surface area (Å²) in [5.74, 6) is -2.70. The number of hydrogen-bond donors (Lipinski definition) is 1. The summed E-state index contributed by atoms with van der Waals surface area (Å²) in [6.45, 7) is 10.1. The Morgan fingerprint density at radius 1 is 0.926 bits per heavy atom. The number of ether oxygens (including phenoxy) is 5. The molecule has 0 rings (SSSR count). The summed E-state index contributed by atoms with van der Waals surface area (Å²) in [6.07, 6.45) is 2.35. The molecule has 0 aliphatic rings. The third kappa shape index (κ3) is 14.5. The molecule has 0 aliphatic heterocycles. The lowest BCUT2D eigenvalue weighted by atomic mass is 10.2. The standard InChI is InChI=1S/C19H36O8/c1-6-8-13-23-19(5,24-14-9-7-2)27-16(4)25-15(3)26-18(22)12-10-11-17(20)21/h15-16H,6-14H2,1-5H3,(H,20,21). The first-order chi connectivity index (χ1) is 12.7. The predicted molar refractivity (Wildman–Crippen MR) is 98.8 cm³/mol. The molecule has 0 amide bonds. The molecule has 0 saturated carbocycles. The van der Waals surface area contributed by atoms with Gasteiger partial charge in [-0.2, -0.15) is 0 Å². The van der Waals surface area contributed by atoms with Crippen molar-refractivity contribution in [1.82, 2.24) is 0 Å². The van der Waals surface area contributed by atoms with Gasteiger partial charge in [-0.25, -0.2) is 0 Å². The largest absolute Gasteiger partial charge is 0.481 e. The van der Waals surface area contributed by atoms with Gasteiger partial charge >= 0.3 is 11.9 Å². The molecule has 0 aromatic carbocycles. The van der Waals surface area contributed by atoms with Crippen molar-refractivity contribution < 1.29 is 38.4 Å². The average molecular weight is 392 g/mol. The highest BCUT2D eigenvalue weighted by Gasteiger charge is 2.31. The molecule has 0 heterocycles. The monoisotopic (exact) mass is 392 g/mol. The van der Waals surface area contributed by atoms with Crippen LogP contribution in [0.25, 0.3) is 0 Å². The van der Waals surface area contributed by atoms with Crippen LogP contribution in [0.5, 0.6) is 0 Å². The summed E-state index contributed by atoms with van der Waals surface area (Å²) in [6, 6.07) is 0. The van der Waals surface area contributed by atoms with Crippen molar-refractivity contribution in [3.63, 3.8) is 0 Å². The zero-order chi connectivity index (χ0) is 20.7. The van der Waals surface area contributed by atoms with Crippen molar-refractivity contribution in [2.75, 3.05) is 13.2 Å². The van der Waals surface area contributed by atoms with E-state index in [4.69, 9.17) is 28.8 Å². The fourth-order valence-electron chi connectivity index (χ4n) is 2.17. The van der Waals surface area contributed by atoms with Gasteiger partial charge in [0.05, 0.1) is 13.2 Å². The number of carbonyl (C=O) groups is 2. The molecule has 0 spiro atoms. The van der Waals surface area contributed by atoms with E-state index in [9.17, 15) is 9.59 Å². The van der Waals surface area contributed by atoms with Crippen LogP contribution in [0.1, 0.15) is 79.6 Å². The molecule has 0 fully saturated rings. The number of hydrogen-bond acceptors (Lipinski definition) is 7. The van der Waals surface area contributed by atoms with Gasteiger partial charge in [-0.1, -0.05) is 26.7 Å². The lowest BCUT2D eigenvalue weighted by molar-refractivity contribution is -0.415. The maximum atomic E-state index is 11.7. The minimum absolute atomic E-state index is 0.0210. The third-order valence-corrected chi connectivity index (χ3v) is 3.56. The molecule has 27 heavy (non-hydrogen) atoms. The summed E-state index contributed by atoms with van der Waals surface area (Å²) in [5, 5.41) is 8.57. The Balaban J connectivity index is 4.39. The topological polar surface area (TPSA) is 101 Å². The predicted octanol–water partition coefficient (Wildman–Crippen LogP) is 3.82. The van der Waals surface area contributed by atoms with Crippen molar-refractivity contribution in [1.29, 1.82) is 0 Å². The Bertz CT molecular complexity index is 403. The fraction of sp³-hybridized carbons (Fsp3) is 0.895. The Labute approximate surface area is 162 Å². The Morgan fingerprint density at radius 3 is 1.96 bits per heavy atom. The number of carboxylic acid groups (broad SMARTS) is 1. The molecule has 0 aromatic heterocycles. The zero-order valence-corrected chi connectivity index (χ0v) is 17.3. The van der Waals surface area contributed by atoms with E-state index < -0.39 is 30.5 Å². The van der Waals surface area contributed by atoms with Crippen LogP contribution in [0.3, 0.4) is 0 Å². The number of esters is 1. The molecule has 0 bridgehead atoms. The molecule has 0 aliphatic carbocycles. The minimum Gasteiger partial charge on any atom is -0.481 e. The maximum absolute atomic E-state index is 11.7. The zero-order valence-electron chi connectivity index (χ0n) is 17.3. The molecule has 1 N–H and O–H groups in total. The highest BCUT2D eigenvalue weighted by Crippen LogP contribution is 2.20. The molecule has 8 nitrogen and oxygen atoms in total. The van der Waals surface area contributed by atoms with Gasteiger partial charge in [0.2, 0.25) is 6.29 Å². The van der Waals surface area contributed by atoms with Crippen LogP contribution < -0.4 is 0 Å². The van der Waals surface area contributed by atoms with Crippen molar-refractivity contribution >= 4 is 11.9 Å². The van der Waals surface area contributed by atoms with Gasteiger partial charge in [0.25, 0.3) is 5.97 Å². The van der Waals surface area contributed by atoms with Crippen molar-refractivity contribution in [3.8, 4) is 0 Å². The van der Waals surface area contributed by atoms with Crippen LogP contribution in [0.15, 0.2) is 0 Å². The van der Waals surface area contributed by atoms with Gasteiger partial charge in [-0.3, -0.25) is 14.3 Å². The van der Waals surface area contributed by atoms with Crippen LogP contribution in [0, 0.1) is 0 Å². The van der Waals surface area contributed by atoms with E-state index in [0.29, 0.717) is 13.2 Å². The molecule has 2 unspecified atom stereocenters. The lowest BCUT2D eigenvalue weighted by Gasteiger charge is -2.33. The van der Waals surface area contributed by atoms with E-state index in [-0.39, 0.29) is 19.3 Å². The molecule has 8 heteroatoms. The first kappa shape index (κ1) is 25.8. The summed E-state index contributed by atoms with van der Waals surface area (Å²) in [5.41, 5.74) is 0. The number of carbonyl (C=O) groups excluding carboxylic acids is 1. The molecule has 0 saturated heterocycles. The number of aliphatic carboxylic acids is 1. The van der Waals surface area contributed by atoms with Crippen molar-refractivity contribution in [2.45, 2.75) is 98.1 Å².